The number of carbonyl (C=O) groups is 3. The third-order valence-electron chi connectivity index (χ3n) is 2.04. The molecule has 0 aromatic carbocycles. The number of esters is 2. The number of hydrogen-bond acceptors (Lipinski definition) is 7. The Balaban J connectivity index is 4.38. The van der Waals surface area contributed by atoms with Crippen LogP contribution < -0.4 is 5.73 Å². The first kappa shape index (κ1) is 17.7. The van der Waals surface area contributed by atoms with E-state index in [0.717, 1.165) is 11.8 Å². The molecule has 0 aromatic rings. The number of ether oxygens (including phenoxy) is 2. The van der Waals surface area contributed by atoms with E-state index in [1.165, 1.54) is 0 Å². The summed E-state index contributed by atoms with van der Waals surface area (Å²) in [6, 6.07) is -1.03. The topological polar surface area (TPSA) is 116 Å². The van der Waals surface area contributed by atoms with Crippen molar-refractivity contribution in [2.45, 2.75) is 19.9 Å². The van der Waals surface area contributed by atoms with Crippen molar-refractivity contribution < 1.29 is 29.0 Å². The lowest BCUT2D eigenvalue weighted by Crippen LogP contribution is -2.34. The maximum atomic E-state index is 11.6. The molecule has 7 nitrogen and oxygen atoms in total. The first-order chi connectivity index (χ1) is 8.93. The zero-order valence-corrected chi connectivity index (χ0v) is 11.8. The third-order valence-corrected chi connectivity index (χ3v) is 3.21. The minimum Gasteiger partial charge on any atom is -0.480 e. The lowest BCUT2D eigenvalue weighted by molar-refractivity contribution is -0.160. The molecule has 0 rings (SSSR count). The maximum Gasteiger partial charge on any atom is 0.321 e. The van der Waals surface area contributed by atoms with Gasteiger partial charge in [0.05, 0.1) is 13.2 Å². The van der Waals surface area contributed by atoms with Crippen molar-refractivity contribution in [3.8, 4) is 0 Å². The molecule has 0 fully saturated rings. The number of nitrogens with two attached hydrogens (primary N) is 1. The van der Waals surface area contributed by atoms with E-state index in [4.69, 9.17) is 20.3 Å². The average molecular weight is 293 g/mol. The third kappa shape index (κ3) is 7.02. The van der Waals surface area contributed by atoms with Crippen LogP contribution in [0.15, 0.2) is 0 Å². The summed E-state index contributed by atoms with van der Waals surface area (Å²) in [5, 5.41) is 8.61. The predicted octanol–water partition coefficient (Wildman–Crippen LogP) is -0.126. The zero-order chi connectivity index (χ0) is 14.8. The second-order valence-electron chi connectivity index (χ2n) is 3.54. The summed E-state index contributed by atoms with van der Waals surface area (Å²) < 4.78 is 9.55. The van der Waals surface area contributed by atoms with E-state index in [9.17, 15) is 14.4 Å². The molecule has 0 aliphatic heterocycles. The Labute approximate surface area is 115 Å². The van der Waals surface area contributed by atoms with Gasteiger partial charge in [0.1, 0.15) is 6.04 Å². The van der Waals surface area contributed by atoms with Gasteiger partial charge in [0.15, 0.2) is 5.92 Å². The first-order valence-corrected chi connectivity index (χ1v) is 6.98. The zero-order valence-electron chi connectivity index (χ0n) is 11.0. The molecule has 0 radical (unpaired) electrons. The van der Waals surface area contributed by atoms with Gasteiger partial charge in [-0.2, -0.15) is 11.8 Å². The van der Waals surface area contributed by atoms with Gasteiger partial charge >= 0.3 is 17.9 Å². The molecule has 0 aliphatic carbocycles. The second kappa shape index (κ2) is 9.62. The molecule has 1 atom stereocenters. The van der Waals surface area contributed by atoms with Crippen LogP contribution in [-0.2, 0) is 23.9 Å². The van der Waals surface area contributed by atoms with Crippen molar-refractivity contribution in [3.05, 3.63) is 0 Å². The summed E-state index contributed by atoms with van der Waals surface area (Å²) in [7, 11) is 0. The van der Waals surface area contributed by atoms with Crippen LogP contribution in [0.5, 0.6) is 0 Å². The maximum absolute atomic E-state index is 11.6. The molecule has 19 heavy (non-hydrogen) atoms. The van der Waals surface area contributed by atoms with Crippen molar-refractivity contribution in [1.82, 2.24) is 0 Å². The lowest BCUT2D eigenvalue weighted by atomic mass is 10.2. The van der Waals surface area contributed by atoms with E-state index < -0.39 is 29.9 Å². The number of hydrogen-bond donors (Lipinski definition) is 2. The molecule has 0 aliphatic rings. The van der Waals surface area contributed by atoms with Crippen molar-refractivity contribution in [2.75, 3.05) is 24.7 Å². The molecule has 0 saturated carbocycles. The number of rotatable bonds is 9. The number of aliphatic carboxylic acids is 1. The average Bonchev–Trinajstić information content (AvgIpc) is 2.34. The lowest BCUT2D eigenvalue weighted by Gasteiger charge is -2.14. The molecule has 8 heteroatoms. The number of carboxylic acids is 1. The standard InChI is InChI=1S/C11H19NO6S/c1-3-17-10(15)7(11(16)18-4-2)5-19-6-8(12)9(13)14/h7-8H,3-6,12H2,1-2H3,(H,13,14). The molecule has 0 heterocycles. The second-order valence-corrected chi connectivity index (χ2v) is 4.61. The van der Waals surface area contributed by atoms with E-state index in [2.05, 4.69) is 0 Å². The Morgan fingerprint density at radius 3 is 1.95 bits per heavy atom. The highest BCUT2D eigenvalue weighted by atomic mass is 32.2. The highest BCUT2D eigenvalue weighted by Crippen LogP contribution is 2.13. The molecule has 0 saturated heterocycles. The largest absolute Gasteiger partial charge is 0.480 e. The normalized spacial score (nSPS) is 12.0. The highest BCUT2D eigenvalue weighted by Gasteiger charge is 2.29. The Hall–Kier alpha value is -1.28. The van der Waals surface area contributed by atoms with Crippen molar-refractivity contribution in [3.63, 3.8) is 0 Å². The molecular formula is C11H19NO6S. The van der Waals surface area contributed by atoms with Crippen LogP contribution in [0.1, 0.15) is 13.8 Å². The summed E-state index contributed by atoms with van der Waals surface area (Å²) >= 11 is 1.10. The van der Waals surface area contributed by atoms with Crippen LogP contribution in [-0.4, -0.2) is 53.8 Å². The van der Waals surface area contributed by atoms with Gasteiger partial charge in [-0.1, -0.05) is 0 Å². The molecule has 0 spiro atoms. The minimum atomic E-state index is -1.13. The Bertz CT molecular complexity index is 304. The Kier molecular flexibility index (Phi) is 8.98. The van der Waals surface area contributed by atoms with Gasteiger partial charge in [0, 0.05) is 11.5 Å². The first-order valence-electron chi connectivity index (χ1n) is 5.83. The van der Waals surface area contributed by atoms with Gasteiger partial charge in [0.2, 0.25) is 0 Å². The minimum absolute atomic E-state index is 0.0820. The van der Waals surface area contributed by atoms with E-state index in [-0.39, 0.29) is 24.7 Å². The van der Waals surface area contributed by atoms with Crippen LogP contribution in [0, 0.1) is 5.92 Å². The van der Waals surface area contributed by atoms with Crippen LogP contribution in [0.25, 0.3) is 0 Å². The van der Waals surface area contributed by atoms with Crippen LogP contribution in [0.4, 0.5) is 0 Å². The van der Waals surface area contributed by atoms with Gasteiger partial charge < -0.3 is 20.3 Å². The van der Waals surface area contributed by atoms with Crippen LogP contribution in [0.3, 0.4) is 0 Å². The van der Waals surface area contributed by atoms with Crippen molar-refractivity contribution >= 4 is 29.7 Å². The fourth-order valence-corrected chi connectivity index (χ4v) is 2.14. The summed E-state index contributed by atoms with van der Waals surface area (Å²) in [6.45, 7) is 3.59. The molecule has 0 aromatic heterocycles. The molecule has 0 amide bonds. The van der Waals surface area contributed by atoms with Crippen molar-refractivity contribution in [1.29, 1.82) is 0 Å². The van der Waals surface area contributed by atoms with Crippen LogP contribution in [0.2, 0.25) is 0 Å². The monoisotopic (exact) mass is 293 g/mol. The number of thioether (sulfide) groups is 1. The van der Waals surface area contributed by atoms with E-state index in [1.807, 2.05) is 0 Å². The summed E-state index contributed by atoms with van der Waals surface area (Å²) in [4.78, 5) is 33.7. The Morgan fingerprint density at radius 2 is 1.58 bits per heavy atom. The van der Waals surface area contributed by atoms with Crippen LogP contribution >= 0.6 is 11.8 Å². The highest BCUT2D eigenvalue weighted by molar-refractivity contribution is 7.99. The smallest absolute Gasteiger partial charge is 0.321 e. The van der Waals surface area contributed by atoms with Gasteiger partial charge in [-0.15, -0.1) is 0 Å². The van der Waals surface area contributed by atoms with Crippen molar-refractivity contribution in [2.24, 2.45) is 11.7 Å². The predicted molar refractivity (Wildman–Crippen MR) is 69.7 cm³/mol. The fraction of sp³-hybridized carbons (Fsp3) is 0.727. The molecule has 110 valence electrons. The van der Waals surface area contributed by atoms with Gasteiger partial charge in [-0.05, 0) is 13.8 Å². The van der Waals surface area contributed by atoms with E-state index in [0.29, 0.717) is 0 Å². The van der Waals surface area contributed by atoms with Gasteiger partial charge in [0.25, 0.3) is 0 Å². The molecule has 3 N–H and O–H groups in total. The van der Waals surface area contributed by atoms with Gasteiger partial charge in [-0.25, -0.2) is 0 Å². The summed E-state index contributed by atoms with van der Waals surface area (Å²) in [5.74, 6) is -3.33. The quantitative estimate of drug-likeness (QED) is 0.446. The number of carbonyl (C=O) groups excluding carboxylic acids is 2. The molecule has 1 unspecified atom stereocenters. The SMILES string of the molecule is CCOC(=O)C(CSCC(N)C(=O)O)C(=O)OCC. The molecule has 0 bridgehead atoms. The summed E-state index contributed by atoms with van der Waals surface area (Å²) in [5.41, 5.74) is 5.32. The van der Waals surface area contributed by atoms with E-state index >= 15 is 0 Å². The van der Waals surface area contributed by atoms with Gasteiger partial charge in [-0.3, -0.25) is 14.4 Å². The summed E-state index contributed by atoms with van der Waals surface area (Å²) in [6.07, 6.45) is 0. The van der Waals surface area contributed by atoms with E-state index in [1.54, 1.807) is 13.8 Å². The molecular weight excluding hydrogens is 274 g/mol. The fourth-order valence-electron chi connectivity index (χ4n) is 1.10. The number of carboxylic acid groups (broad SMARTS) is 1. The Morgan fingerprint density at radius 1 is 1.11 bits per heavy atom.